The maximum Gasteiger partial charge on any atom is 0.222 e. The zero-order valence-electron chi connectivity index (χ0n) is 18.8. The SMILES string of the molecule is CN(C)CCCC(=O)N1CC=C(c2cc3c(Nc4ccc5ncsc5c4)ncnc3[nH]2)CC1. The molecule has 0 saturated carbocycles. The second-order valence-electron chi connectivity index (χ2n) is 8.55. The summed E-state index contributed by atoms with van der Waals surface area (Å²) in [5.41, 5.74) is 6.86. The van der Waals surface area contributed by atoms with Crippen molar-refractivity contribution in [2.75, 3.05) is 39.0 Å². The molecule has 0 spiro atoms. The summed E-state index contributed by atoms with van der Waals surface area (Å²) in [7, 11) is 4.07. The number of nitrogens with one attached hydrogen (secondary N) is 2. The minimum atomic E-state index is 0.235. The quantitative estimate of drug-likeness (QED) is 0.427. The fourth-order valence-corrected chi connectivity index (χ4v) is 4.84. The molecule has 1 aliphatic heterocycles. The van der Waals surface area contributed by atoms with Crippen LogP contribution in [0.4, 0.5) is 11.5 Å². The number of thiazole rings is 1. The molecule has 1 amide bonds. The topological polar surface area (TPSA) is 90.0 Å². The molecule has 0 saturated heterocycles. The molecule has 0 aliphatic carbocycles. The number of nitrogens with zero attached hydrogens (tertiary/aromatic N) is 5. The second kappa shape index (κ2) is 9.29. The van der Waals surface area contributed by atoms with Crippen molar-refractivity contribution in [3.8, 4) is 0 Å². The van der Waals surface area contributed by atoms with Crippen LogP contribution in [0.2, 0.25) is 0 Å². The van der Waals surface area contributed by atoms with Gasteiger partial charge in [0.2, 0.25) is 5.91 Å². The molecule has 0 unspecified atom stereocenters. The monoisotopic (exact) mass is 461 g/mol. The van der Waals surface area contributed by atoms with Gasteiger partial charge in [-0.25, -0.2) is 15.0 Å². The van der Waals surface area contributed by atoms with Crippen LogP contribution in [0, 0.1) is 0 Å². The van der Waals surface area contributed by atoms with Crippen LogP contribution in [0.5, 0.6) is 0 Å². The fourth-order valence-electron chi connectivity index (χ4n) is 4.13. The number of rotatable bonds is 7. The third kappa shape index (κ3) is 4.74. The van der Waals surface area contributed by atoms with E-state index < -0.39 is 0 Å². The number of fused-ring (bicyclic) bond motifs is 2. The standard InChI is InChI=1S/C24H27N7OS/c1-30(2)9-3-4-22(32)31-10-7-16(8-11-31)20-13-18-23(25-14-26-24(18)29-20)28-17-5-6-19-21(12-17)33-15-27-19/h5-7,12-15H,3-4,8-11H2,1-2H3,(H2,25,26,28,29). The molecule has 9 heteroatoms. The third-order valence-electron chi connectivity index (χ3n) is 5.92. The molecule has 0 bridgehead atoms. The molecule has 5 rings (SSSR count). The molecule has 1 aliphatic rings. The Morgan fingerprint density at radius 3 is 2.97 bits per heavy atom. The average molecular weight is 462 g/mol. The molecule has 4 heterocycles. The highest BCUT2D eigenvalue weighted by molar-refractivity contribution is 7.16. The minimum Gasteiger partial charge on any atom is -0.340 e. The van der Waals surface area contributed by atoms with E-state index in [9.17, 15) is 4.79 Å². The van der Waals surface area contributed by atoms with Gasteiger partial charge < -0.3 is 20.1 Å². The lowest BCUT2D eigenvalue weighted by molar-refractivity contribution is -0.130. The van der Waals surface area contributed by atoms with Gasteiger partial charge in [0, 0.05) is 30.9 Å². The van der Waals surface area contributed by atoms with Gasteiger partial charge >= 0.3 is 0 Å². The Balaban J connectivity index is 1.31. The number of anilines is 2. The Bertz CT molecular complexity index is 1320. The van der Waals surface area contributed by atoms with Crippen molar-refractivity contribution in [1.82, 2.24) is 29.7 Å². The molecule has 33 heavy (non-hydrogen) atoms. The number of benzene rings is 1. The maximum absolute atomic E-state index is 12.5. The summed E-state index contributed by atoms with van der Waals surface area (Å²) < 4.78 is 1.13. The molecular formula is C24H27N7OS. The van der Waals surface area contributed by atoms with Crippen molar-refractivity contribution < 1.29 is 4.79 Å². The average Bonchev–Trinajstić information content (AvgIpc) is 3.46. The zero-order chi connectivity index (χ0) is 22.8. The third-order valence-corrected chi connectivity index (χ3v) is 6.72. The molecule has 0 atom stereocenters. The predicted octanol–water partition coefficient (Wildman–Crippen LogP) is 4.27. The summed E-state index contributed by atoms with van der Waals surface area (Å²) in [6.45, 7) is 2.33. The van der Waals surface area contributed by atoms with Crippen molar-refractivity contribution in [3.05, 3.63) is 47.9 Å². The highest BCUT2D eigenvalue weighted by atomic mass is 32.1. The van der Waals surface area contributed by atoms with Gasteiger partial charge in [-0.1, -0.05) is 6.08 Å². The number of carbonyl (C=O) groups is 1. The van der Waals surface area contributed by atoms with Gasteiger partial charge in [-0.05, 0) is 63.3 Å². The molecular weight excluding hydrogens is 434 g/mol. The first-order valence-corrected chi connectivity index (χ1v) is 12.0. The van der Waals surface area contributed by atoms with Crippen LogP contribution in [0.25, 0.3) is 26.8 Å². The fraction of sp³-hybridized carbons (Fsp3) is 0.333. The van der Waals surface area contributed by atoms with E-state index in [0.717, 1.165) is 64.4 Å². The summed E-state index contributed by atoms with van der Waals surface area (Å²) in [5.74, 6) is 1.000. The lowest BCUT2D eigenvalue weighted by atomic mass is 10.0. The number of carbonyl (C=O) groups excluding carboxylic acids is 1. The van der Waals surface area contributed by atoms with Crippen LogP contribution >= 0.6 is 11.3 Å². The number of amides is 1. The smallest absolute Gasteiger partial charge is 0.222 e. The molecule has 0 fully saturated rings. The van der Waals surface area contributed by atoms with Crippen molar-refractivity contribution >= 4 is 55.6 Å². The van der Waals surface area contributed by atoms with E-state index in [1.54, 1.807) is 17.7 Å². The Kier molecular flexibility index (Phi) is 6.06. The molecule has 170 valence electrons. The summed E-state index contributed by atoms with van der Waals surface area (Å²) in [4.78, 5) is 33.2. The van der Waals surface area contributed by atoms with Crippen LogP contribution in [0.1, 0.15) is 25.0 Å². The normalized spacial score (nSPS) is 14.3. The molecule has 0 radical (unpaired) electrons. The number of hydrogen-bond acceptors (Lipinski definition) is 7. The Morgan fingerprint density at radius 2 is 2.15 bits per heavy atom. The van der Waals surface area contributed by atoms with Gasteiger partial charge in [0.1, 0.15) is 17.8 Å². The van der Waals surface area contributed by atoms with Gasteiger partial charge in [-0.15, -0.1) is 11.3 Å². The number of aromatic nitrogens is 4. The molecule has 8 nitrogen and oxygen atoms in total. The molecule has 2 N–H and O–H groups in total. The Hall–Kier alpha value is -3.30. The highest BCUT2D eigenvalue weighted by Gasteiger charge is 2.19. The van der Waals surface area contributed by atoms with Gasteiger partial charge in [-0.2, -0.15) is 0 Å². The van der Waals surface area contributed by atoms with E-state index >= 15 is 0 Å². The first kappa shape index (κ1) is 21.5. The first-order chi connectivity index (χ1) is 16.1. The largest absolute Gasteiger partial charge is 0.340 e. The van der Waals surface area contributed by atoms with Gasteiger partial charge in [0.05, 0.1) is 21.1 Å². The maximum atomic E-state index is 12.5. The van der Waals surface area contributed by atoms with Crippen molar-refractivity contribution in [2.45, 2.75) is 19.3 Å². The molecule has 3 aromatic heterocycles. The van der Waals surface area contributed by atoms with E-state index in [4.69, 9.17) is 0 Å². The Morgan fingerprint density at radius 1 is 1.24 bits per heavy atom. The van der Waals surface area contributed by atoms with Gasteiger partial charge in [-0.3, -0.25) is 4.79 Å². The molecule has 1 aromatic carbocycles. The van der Waals surface area contributed by atoms with E-state index in [1.807, 2.05) is 36.6 Å². The lowest BCUT2D eigenvalue weighted by Gasteiger charge is -2.26. The van der Waals surface area contributed by atoms with Crippen LogP contribution in [-0.4, -0.2) is 69.4 Å². The van der Waals surface area contributed by atoms with Crippen molar-refractivity contribution in [2.24, 2.45) is 0 Å². The number of aromatic amines is 1. The number of hydrogen-bond donors (Lipinski definition) is 2. The predicted molar refractivity (Wildman–Crippen MR) is 134 cm³/mol. The second-order valence-corrected chi connectivity index (χ2v) is 9.44. The van der Waals surface area contributed by atoms with Crippen molar-refractivity contribution in [3.63, 3.8) is 0 Å². The summed E-state index contributed by atoms with van der Waals surface area (Å²) in [6, 6.07) is 8.21. The van der Waals surface area contributed by atoms with E-state index in [-0.39, 0.29) is 5.91 Å². The first-order valence-electron chi connectivity index (χ1n) is 11.1. The molecule has 4 aromatic rings. The zero-order valence-corrected chi connectivity index (χ0v) is 19.7. The minimum absolute atomic E-state index is 0.235. The Labute approximate surface area is 196 Å². The summed E-state index contributed by atoms with van der Waals surface area (Å²) in [6.07, 6.45) is 6.04. The van der Waals surface area contributed by atoms with Crippen LogP contribution in [-0.2, 0) is 4.79 Å². The highest BCUT2D eigenvalue weighted by Crippen LogP contribution is 2.30. The van der Waals surface area contributed by atoms with Gasteiger partial charge in [0.25, 0.3) is 0 Å². The van der Waals surface area contributed by atoms with E-state index in [0.29, 0.717) is 13.0 Å². The summed E-state index contributed by atoms with van der Waals surface area (Å²) >= 11 is 1.62. The van der Waals surface area contributed by atoms with E-state index in [1.165, 1.54) is 5.57 Å². The van der Waals surface area contributed by atoms with Gasteiger partial charge in [0.15, 0.2) is 0 Å². The van der Waals surface area contributed by atoms with E-state index in [2.05, 4.69) is 48.4 Å². The van der Waals surface area contributed by atoms with Crippen molar-refractivity contribution in [1.29, 1.82) is 0 Å². The number of H-pyrrole nitrogens is 1. The lowest BCUT2D eigenvalue weighted by Crippen LogP contribution is -2.34. The van der Waals surface area contributed by atoms with Crippen LogP contribution < -0.4 is 5.32 Å². The summed E-state index contributed by atoms with van der Waals surface area (Å²) in [5, 5.41) is 4.37. The van der Waals surface area contributed by atoms with Crippen LogP contribution in [0.15, 0.2) is 42.2 Å². The van der Waals surface area contributed by atoms with Crippen LogP contribution in [0.3, 0.4) is 0 Å².